The molecule has 4 nitrogen and oxygen atoms in total. The number of ether oxygens (including phenoxy) is 1. The highest BCUT2D eigenvalue weighted by molar-refractivity contribution is 5.96. The monoisotopic (exact) mass is 351 g/mol. The SMILES string of the molecule is COc1ccc(N2C[C@@](O)(c3ccc(C)cc3)[N+]3=C2CCCCC3)cc1. The second kappa shape index (κ2) is 6.76. The number of aliphatic hydroxyl groups is 1. The molecule has 0 bridgehead atoms. The van der Waals surface area contributed by atoms with Gasteiger partial charge in [-0.2, -0.15) is 0 Å². The van der Waals surface area contributed by atoms with E-state index < -0.39 is 5.72 Å². The maximum atomic E-state index is 11.7. The standard InChI is InChI=1S/C22H27N2O2/c1-17-7-9-18(10-8-17)22(25)16-23(19-11-13-20(26-2)14-12-19)21-6-4-3-5-15-24(21)22/h7-14,25H,3-6,15-16H2,1-2H3/q+1/t22-/m1/s1. The summed E-state index contributed by atoms with van der Waals surface area (Å²) >= 11 is 0. The van der Waals surface area contributed by atoms with Gasteiger partial charge in [-0.15, -0.1) is 0 Å². The van der Waals surface area contributed by atoms with Crippen LogP contribution in [0.4, 0.5) is 5.69 Å². The minimum absolute atomic E-state index is 0.553. The van der Waals surface area contributed by atoms with E-state index in [-0.39, 0.29) is 0 Å². The molecule has 0 saturated heterocycles. The smallest absolute Gasteiger partial charge is 0.271 e. The molecule has 2 aromatic carbocycles. The molecule has 0 spiro atoms. The summed E-state index contributed by atoms with van der Waals surface area (Å²) in [6.07, 6.45) is 4.50. The Morgan fingerprint density at radius 3 is 2.42 bits per heavy atom. The number of aryl methyl sites for hydroxylation is 1. The average Bonchev–Trinajstić information content (AvgIpc) is 2.82. The molecule has 26 heavy (non-hydrogen) atoms. The van der Waals surface area contributed by atoms with E-state index >= 15 is 0 Å². The molecule has 2 aromatic rings. The number of nitrogens with zero attached hydrogens (tertiary/aromatic N) is 2. The topological polar surface area (TPSA) is 35.7 Å². The van der Waals surface area contributed by atoms with Crippen molar-refractivity contribution in [2.24, 2.45) is 0 Å². The summed E-state index contributed by atoms with van der Waals surface area (Å²) in [5.74, 6) is 2.08. The van der Waals surface area contributed by atoms with Gasteiger partial charge in [0.1, 0.15) is 11.4 Å². The van der Waals surface area contributed by atoms with Gasteiger partial charge in [0.05, 0.1) is 13.7 Å². The third kappa shape index (κ3) is 2.88. The summed E-state index contributed by atoms with van der Waals surface area (Å²) in [6, 6.07) is 16.4. The maximum Gasteiger partial charge on any atom is 0.271 e. The second-order valence-electron chi connectivity index (χ2n) is 7.35. The first-order valence-corrected chi connectivity index (χ1v) is 9.46. The third-order valence-electron chi connectivity index (χ3n) is 5.63. The molecular formula is C22H27N2O2+. The normalized spacial score (nSPS) is 23.0. The Kier molecular flexibility index (Phi) is 4.45. The fraction of sp³-hybridized carbons (Fsp3) is 0.409. The lowest BCUT2D eigenvalue weighted by Gasteiger charge is -2.23. The zero-order valence-electron chi connectivity index (χ0n) is 15.6. The van der Waals surface area contributed by atoms with E-state index in [1.165, 1.54) is 24.2 Å². The number of anilines is 1. The van der Waals surface area contributed by atoms with Crippen LogP contribution in [0.15, 0.2) is 48.5 Å². The number of rotatable bonds is 3. The van der Waals surface area contributed by atoms with E-state index in [9.17, 15) is 5.11 Å². The van der Waals surface area contributed by atoms with Crippen molar-refractivity contribution in [1.29, 1.82) is 0 Å². The molecular weight excluding hydrogens is 324 g/mol. The van der Waals surface area contributed by atoms with Gasteiger partial charge in [0.25, 0.3) is 11.6 Å². The van der Waals surface area contributed by atoms with Crippen LogP contribution < -0.4 is 9.64 Å². The maximum absolute atomic E-state index is 11.7. The van der Waals surface area contributed by atoms with Gasteiger partial charge in [-0.1, -0.05) is 29.8 Å². The lowest BCUT2D eigenvalue weighted by molar-refractivity contribution is -0.658. The summed E-state index contributed by atoms with van der Waals surface area (Å²) in [6.45, 7) is 3.53. The van der Waals surface area contributed by atoms with Crippen LogP contribution >= 0.6 is 0 Å². The van der Waals surface area contributed by atoms with Gasteiger partial charge in [-0.05, 0) is 50.5 Å². The summed E-state index contributed by atoms with van der Waals surface area (Å²) in [4.78, 5) is 2.28. The Morgan fingerprint density at radius 1 is 1.00 bits per heavy atom. The molecule has 1 N–H and O–H groups in total. The van der Waals surface area contributed by atoms with Crippen LogP contribution in [0.1, 0.15) is 36.8 Å². The zero-order chi connectivity index (χ0) is 18.1. The number of methoxy groups -OCH3 is 1. The van der Waals surface area contributed by atoms with Crippen LogP contribution in [0.25, 0.3) is 0 Å². The number of hydrogen-bond donors (Lipinski definition) is 1. The van der Waals surface area contributed by atoms with Crippen molar-refractivity contribution in [3.8, 4) is 5.75 Å². The van der Waals surface area contributed by atoms with E-state index in [1.54, 1.807) is 7.11 Å². The molecule has 0 aliphatic carbocycles. The average molecular weight is 351 g/mol. The van der Waals surface area contributed by atoms with Crippen molar-refractivity contribution in [3.05, 3.63) is 59.7 Å². The molecule has 2 heterocycles. The van der Waals surface area contributed by atoms with Gasteiger partial charge < -0.3 is 9.84 Å². The molecule has 0 radical (unpaired) electrons. The Morgan fingerprint density at radius 2 is 1.73 bits per heavy atom. The first-order chi connectivity index (χ1) is 12.6. The van der Waals surface area contributed by atoms with Gasteiger partial charge in [0, 0.05) is 12.0 Å². The molecule has 4 rings (SSSR count). The Balaban J connectivity index is 1.77. The summed E-state index contributed by atoms with van der Waals surface area (Å²) in [5, 5.41) is 11.7. The molecule has 0 amide bonds. The first kappa shape index (κ1) is 17.1. The van der Waals surface area contributed by atoms with Crippen LogP contribution in [-0.4, -0.2) is 35.7 Å². The highest BCUT2D eigenvalue weighted by atomic mass is 16.5. The van der Waals surface area contributed by atoms with Crippen LogP contribution in [0.5, 0.6) is 5.75 Å². The van der Waals surface area contributed by atoms with Crippen LogP contribution in [0, 0.1) is 6.92 Å². The molecule has 4 heteroatoms. The first-order valence-electron chi connectivity index (χ1n) is 9.46. The molecule has 0 aromatic heterocycles. The molecule has 0 unspecified atom stereocenters. The van der Waals surface area contributed by atoms with E-state index in [1.807, 2.05) is 12.1 Å². The number of hydrogen-bond acceptors (Lipinski definition) is 3. The van der Waals surface area contributed by atoms with Crippen molar-refractivity contribution in [2.45, 2.75) is 38.3 Å². The van der Waals surface area contributed by atoms with E-state index in [0.717, 1.165) is 36.4 Å². The summed E-state index contributed by atoms with van der Waals surface area (Å²) in [7, 11) is 1.68. The number of amidine groups is 1. The highest BCUT2D eigenvalue weighted by Gasteiger charge is 2.51. The van der Waals surface area contributed by atoms with Gasteiger partial charge in [-0.3, -0.25) is 0 Å². The Bertz CT molecular complexity index is 811. The van der Waals surface area contributed by atoms with E-state index in [0.29, 0.717) is 6.54 Å². The zero-order valence-corrected chi connectivity index (χ0v) is 15.6. The van der Waals surface area contributed by atoms with Crippen molar-refractivity contribution in [2.75, 3.05) is 25.1 Å². The Hall–Kier alpha value is -2.33. The fourth-order valence-electron chi connectivity index (χ4n) is 4.14. The predicted molar refractivity (Wildman–Crippen MR) is 104 cm³/mol. The van der Waals surface area contributed by atoms with Gasteiger partial charge in [0.15, 0.2) is 6.54 Å². The number of β-amino-alcohol motifs (C(OH)–C–C–N with tert-alkyl or cyclic N) is 1. The largest absolute Gasteiger partial charge is 0.497 e. The molecule has 1 atom stereocenters. The van der Waals surface area contributed by atoms with E-state index in [4.69, 9.17) is 4.74 Å². The Labute approximate surface area is 155 Å². The minimum atomic E-state index is -0.979. The van der Waals surface area contributed by atoms with Crippen molar-refractivity contribution in [3.63, 3.8) is 0 Å². The number of benzene rings is 2. The summed E-state index contributed by atoms with van der Waals surface area (Å²) < 4.78 is 7.53. The third-order valence-corrected chi connectivity index (χ3v) is 5.63. The molecule has 2 aliphatic heterocycles. The second-order valence-corrected chi connectivity index (χ2v) is 7.35. The summed E-state index contributed by atoms with van der Waals surface area (Å²) in [5.41, 5.74) is 2.31. The lowest BCUT2D eigenvalue weighted by Crippen LogP contribution is -2.41. The quantitative estimate of drug-likeness (QED) is 0.858. The van der Waals surface area contributed by atoms with Crippen molar-refractivity contribution < 1.29 is 14.4 Å². The van der Waals surface area contributed by atoms with Gasteiger partial charge in [0.2, 0.25) is 0 Å². The molecule has 0 fully saturated rings. The highest BCUT2D eigenvalue weighted by Crippen LogP contribution is 2.35. The van der Waals surface area contributed by atoms with Crippen LogP contribution in [0.3, 0.4) is 0 Å². The van der Waals surface area contributed by atoms with E-state index in [2.05, 4.69) is 52.8 Å². The van der Waals surface area contributed by atoms with Gasteiger partial charge in [-0.25, -0.2) is 9.48 Å². The van der Waals surface area contributed by atoms with Crippen molar-refractivity contribution >= 4 is 11.5 Å². The molecule has 2 aliphatic rings. The van der Waals surface area contributed by atoms with Crippen LogP contribution in [0.2, 0.25) is 0 Å². The minimum Gasteiger partial charge on any atom is -0.497 e. The fourth-order valence-corrected chi connectivity index (χ4v) is 4.14. The predicted octanol–water partition coefficient (Wildman–Crippen LogP) is 3.65. The molecule has 136 valence electrons. The van der Waals surface area contributed by atoms with Crippen molar-refractivity contribution in [1.82, 2.24) is 0 Å². The lowest BCUT2D eigenvalue weighted by atomic mass is 10.0. The van der Waals surface area contributed by atoms with Gasteiger partial charge >= 0.3 is 0 Å². The molecule has 0 saturated carbocycles. The van der Waals surface area contributed by atoms with Crippen LogP contribution in [-0.2, 0) is 5.72 Å².